The van der Waals surface area contributed by atoms with Crippen LogP contribution in [-0.4, -0.2) is 38.0 Å². The highest BCUT2D eigenvalue weighted by Crippen LogP contribution is 2.27. The second-order valence-electron chi connectivity index (χ2n) is 7.69. The first-order valence-electron chi connectivity index (χ1n) is 10.0. The second kappa shape index (κ2) is 8.05. The normalized spacial score (nSPS) is 15.0. The fourth-order valence-electron chi connectivity index (χ4n) is 3.95. The maximum absolute atomic E-state index is 13.0. The van der Waals surface area contributed by atoms with E-state index in [0.717, 1.165) is 33.5 Å². The zero-order valence-electron chi connectivity index (χ0n) is 16.8. The van der Waals surface area contributed by atoms with Gasteiger partial charge in [0.2, 0.25) is 0 Å². The van der Waals surface area contributed by atoms with E-state index >= 15 is 0 Å². The number of fused-ring (bicyclic) bond motifs is 2. The smallest absolute Gasteiger partial charge is 0.284 e. The minimum Gasteiger partial charge on any atom is -0.321 e. The Labute approximate surface area is 170 Å². The molecule has 0 bridgehead atoms. The average Bonchev–Trinajstić information content (AvgIpc) is 3.17. The van der Waals surface area contributed by atoms with Gasteiger partial charge in [0.15, 0.2) is 12.6 Å². The number of quaternary nitrogens is 1. The Morgan fingerprint density at radius 3 is 2.62 bits per heavy atom. The lowest BCUT2D eigenvalue weighted by Gasteiger charge is -2.25. The minimum absolute atomic E-state index is 0.0606. The summed E-state index contributed by atoms with van der Waals surface area (Å²) in [5, 5.41) is 5.11. The highest BCUT2D eigenvalue weighted by Gasteiger charge is 2.32. The number of hydrogen-bond donors (Lipinski definition) is 2. The van der Waals surface area contributed by atoms with Crippen LogP contribution in [0.25, 0.3) is 10.8 Å². The quantitative estimate of drug-likeness (QED) is 0.705. The van der Waals surface area contributed by atoms with Crippen LogP contribution in [0.2, 0.25) is 0 Å². The van der Waals surface area contributed by atoms with E-state index in [1.165, 1.54) is 5.56 Å². The van der Waals surface area contributed by atoms with Crippen LogP contribution in [0.3, 0.4) is 0 Å². The van der Waals surface area contributed by atoms with Crippen molar-refractivity contribution in [1.82, 2.24) is 0 Å². The van der Waals surface area contributed by atoms with E-state index in [2.05, 4.69) is 11.4 Å². The number of benzene rings is 3. The van der Waals surface area contributed by atoms with Gasteiger partial charge in [0.25, 0.3) is 11.8 Å². The van der Waals surface area contributed by atoms with Gasteiger partial charge < -0.3 is 15.1 Å². The zero-order chi connectivity index (χ0) is 20.4. The molecule has 0 fully saturated rings. The number of carbonyl (C=O) groups excluding carboxylic acids is 2. The number of likely N-dealkylation sites (N-methyl/N-ethyl adjacent to an activating group) is 1. The maximum Gasteiger partial charge on any atom is 0.284 e. The van der Waals surface area contributed by atoms with Crippen LogP contribution in [0.5, 0.6) is 0 Å². The second-order valence-corrected chi connectivity index (χ2v) is 7.69. The predicted octanol–water partition coefficient (Wildman–Crippen LogP) is 2.27. The van der Waals surface area contributed by atoms with Gasteiger partial charge >= 0.3 is 0 Å². The molecule has 5 heteroatoms. The molecule has 1 unspecified atom stereocenters. The molecule has 0 radical (unpaired) electrons. The fourth-order valence-corrected chi connectivity index (χ4v) is 3.95. The van der Waals surface area contributed by atoms with Crippen molar-refractivity contribution in [3.8, 4) is 0 Å². The summed E-state index contributed by atoms with van der Waals surface area (Å²) >= 11 is 0. The van der Waals surface area contributed by atoms with E-state index in [9.17, 15) is 9.59 Å². The Morgan fingerprint density at radius 2 is 1.76 bits per heavy atom. The van der Waals surface area contributed by atoms with Crippen LogP contribution < -0.4 is 15.1 Å². The molecule has 0 saturated heterocycles. The van der Waals surface area contributed by atoms with Crippen molar-refractivity contribution in [3.63, 3.8) is 0 Å². The number of rotatable bonds is 5. The standard InChI is InChI=1S/C24H25N3O2/c1-17(24(29)27-15-14-19-9-4-6-13-22(19)27)26(2)16-23(28)25-21-12-7-10-18-8-3-5-11-20(18)21/h3-13,17H,14-16H2,1-2H3,(H,25,28)/p+1/t17-/m0/s1. The summed E-state index contributed by atoms with van der Waals surface area (Å²) < 4.78 is 0. The zero-order valence-corrected chi connectivity index (χ0v) is 16.8. The molecule has 2 atom stereocenters. The van der Waals surface area contributed by atoms with E-state index in [4.69, 9.17) is 0 Å². The molecule has 0 aromatic heterocycles. The summed E-state index contributed by atoms with van der Waals surface area (Å²) in [5.74, 6) is -0.0364. The van der Waals surface area contributed by atoms with Crippen LogP contribution in [0.15, 0.2) is 66.7 Å². The lowest BCUT2D eigenvalue weighted by atomic mass is 10.1. The molecule has 0 aliphatic carbocycles. The summed E-state index contributed by atoms with van der Waals surface area (Å²) in [5.41, 5.74) is 3.00. The molecule has 1 heterocycles. The van der Waals surface area contributed by atoms with E-state index in [0.29, 0.717) is 6.54 Å². The molecular formula is C24H26N3O2+. The third-order valence-electron chi connectivity index (χ3n) is 5.77. The van der Waals surface area contributed by atoms with Gasteiger partial charge in [-0.25, -0.2) is 0 Å². The Kier molecular flexibility index (Phi) is 5.32. The van der Waals surface area contributed by atoms with Gasteiger partial charge in [-0.1, -0.05) is 54.6 Å². The monoisotopic (exact) mass is 388 g/mol. The third kappa shape index (κ3) is 3.87. The largest absolute Gasteiger partial charge is 0.321 e. The highest BCUT2D eigenvalue weighted by atomic mass is 16.2. The molecule has 148 valence electrons. The van der Waals surface area contributed by atoms with Gasteiger partial charge in [-0.15, -0.1) is 0 Å². The van der Waals surface area contributed by atoms with Crippen LogP contribution >= 0.6 is 0 Å². The number of hydrogen-bond acceptors (Lipinski definition) is 2. The van der Waals surface area contributed by atoms with Crippen LogP contribution in [0.1, 0.15) is 12.5 Å². The summed E-state index contributed by atoms with van der Waals surface area (Å²) in [4.78, 5) is 28.4. The Bertz CT molecular complexity index is 1060. The van der Waals surface area contributed by atoms with Crippen molar-refractivity contribution in [2.75, 3.05) is 30.4 Å². The van der Waals surface area contributed by atoms with Gasteiger partial charge in [0, 0.05) is 23.3 Å². The molecule has 3 aromatic rings. The van der Waals surface area contributed by atoms with E-state index < -0.39 is 0 Å². The summed E-state index contributed by atoms with van der Waals surface area (Å²) in [6.07, 6.45) is 0.884. The van der Waals surface area contributed by atoms with E-state index in [1.54, 1.807) is 0 Å². The summed E-state index contributed by atoms with van der Waals surface area (Å²) in [6, 6.07) is 21.6. The van der Waals surface area contributed by atoms with E-state index in [1.807, 2.05) is 79.5 Å². The maximum atomic E-state index is 13.0. The number of para-hydroxylation sites is 1. The summed E-state index contributed by atoms with van der Waals surface area (Å²) in [6.45, 7) is 2.83. The number of carbonyl (C=O) groups is 2. The first kappa shape index (κ1) is 19.2. The predicted molar refractivity (Wildman–Crippen MR) is 116 cm³/mol. The fraction of sp³-hybridized carbons (Fsp3) is 0.250. The number of nitrogens with one attached hydrogen (secondary N) is 2. The third-order valence-corrected chi connectivity index (χ3v) is 5.77. The van der Waals surface area contributed by atoms with E-state index in [-0.39, 0.29) is 24.4 Å². The van der Waals surface area contributed by atoms with Gasteiger partial charge in [-0.05, 0) is 36.4 Å². The first-order chi connectivity index (χ1) is 14.0. The van der Waals surface area contributed by atoms with Gasteiger partial charge in [0.05, 0.1) is 7.05 Å². The molecule has 1 aliphatic rings. The van der Waals surface area contributed by atoms with Crippen molar-refractivity contribution in [2.45, 2.75) is 19.4 Å². The van der Waals surface area contributed by atoms with Crippen molar-refractivity contribution < 1.29 is 14.5 Å². The lowest BCUT2D eigenvalue weighted by molar-refractivity contribution is -0.885. The van der Waals surface area contributed by atoms with Crippen molar-refractivity contribution >= 4 is 34.0 Å². The first-order valence-corrected chi connectivity index (χ1v) is 10.0. The van der Waals surface area contributed by atoms with Crippen LogP contribution in [0.4, 0.5) is 11.4 Å². The topological polar surface area (TPSA) is 53.9 Å². The van der Waals surface area contributed by atoms with Crippen molar-refractivity contribution in [1.29, 1.82) is 0 Å². The Balaban J connectivity index is 1.41. The number of nitrogens with zero attached hydrogens (tertiary/aromatic N) is 1. The molecular weight excluding hydrogens is 362 g/mol. The SMILES string of the molecule is C[C@@H](C(=O)N1CCc2ccccc21)[NH+](C)CC(=O)Nc1cccc2ccccc12. The van der Waals surface area contributed by atoms with Crippen molar-refractivity contribution in [3.05, 3.63) is 72.3 Å². The average molecular weight is 388 g/mol. The molecule has 0 spiro atoms. The number of anilines is 2. The summed E-state index contributed by atoms with van der Waals surface area (Å²) in [7, 11) is 1.90. The Hall–Kier alpha value is -3.18. The lowest BCUT2D eigenvalue weighted by Crippen LogP contribution is -3.15. The molecule has 0 saturated carbocycles. The minimum atomic E-state index is -0.306. The highest BCUT2D eigenvalue weighted by molar-refractivity contribution is 6.02. The van der Waals surface area contributed by atoms with Crippen LogP contribution in [-0.2, 0) is 16.0 Å². The molecule has 29 heavy (non-hydrogen) atoms. The molecule has 5 nitrogen and oxygen atoms in total. The number of amides is 2. The van der Waals surface area contributed by atoms with Gasteiger partial charge in [-0.2, -0.15) is 0 Å². The molecule has 2 N–H and O–H groups in total. The Morgan fingerprint density at radius 1 is 1.03 bits per heavy atom. The molecule has 1 aliphatic heterocycles. The van der Waals surface area contributed by atoms with Gasteiger partial charge in [0.1, 0.15) is 0 Å². The van der Waals surface area contributed by atoms with Crippen molar-refractivity contribution in [2.24, 2.45) is 0 Å². The van der Waals surface area contributed by atoms with Gasteiger partial charge in [-0.3, -0.25) is 9.59 Å². The molecule has 3 aromatic carbocycles. The van der Waals surface area contributed by atoms with Crippen LogP contribution in [0, 0.1) is 0 Å². The molecule has 2 amide bonds. The molecule has 4 rings (SSSR count).